The van der Waals surface area contributed by atoms with E-state index < -0.39 is 0 Å². The average Bonchev–Trinajstić information content (AvgIpc) is 2.82. The molecular formula is C17H12BrClN2O2S. The first-order chi connectivity index (χ1) is 11.5. The van der Waals surface area contributed by atoms with Gasteiger partial charge < -0.3 is 5.32 Å². The molecule has 1 N–H and O–H groups in total. The van der Waals surface area contributed by atoms with Crippen molar-refractivity contribution >= 4 is 62.2 Å². The van der Waals surface area contributed by atoms with E-state index in [9.17, 15) is 9.59 Å². The molecule has 7 heteroatoms. The summed E-state index contributed by atoms with van der Waals surface area (Å²) >= 11 is 10.4. The van der Waals surface area contributed by atoms with Crippen LogP contribution in [0.2, 0.25) is 5.02 Å². The van der Waals surface area contributed by atoms with Crippen molar-refractivity contribution in [3.8, 4) is 0 Å². The number of hydrogen-bond acceptors (Lipinski definition) is 4. The number of carbonyl (C=O) groups is 2. The smallest absolute Gasteiger partial charge is 0.295 e. The third-order valence-corrected chi connectivity index (χ3v) is 5.08. The fourth-order valence-corrected chi connectivity index (χ4v) is 3.56. The number of nitrogens with zero attached hydrogens (tertiary/aromatic N) is 1. The summed E-state index contributed by atoms with van der Waals surface area (Å²) < 4.78 is 0.917. The van der Waals surface area contributed by atoms with Gasteiger partial charge in [-0.25, -0.2) is 0 Å². The maximum absolute atomic E-state index is 12.4. The highest BCUT2D eigenvalue weighted by Gasteiger charge is 2.34. The molecule has 0 aromatic heterocycles. The topological polar surface area (TPSA) is 49.4 Å². The summed E-state index contributed by atoms with van der Waals surface area (Å²) in [6.45, 7) is 0.112. The van der Waals surface area contributed by atoms with Crippen molar-refractivity contribution in [2.75, 3.05) is 12.0 Å². The molecule has 0 aliphatic carbocycles. The van der Waals surface area contributed by atoms with Gasteiger partial charge in [0.05, 0.1) is 11.6 Å². The van der Waals surface area contributed by atoms with Crippen LogP contribution in [0.25, 0.3) is 6.08 Å². The van der Waals surface area contributed by atoms with Crippen LogP contribution in [-0.4, -0.2) is 22.7 Å². The van der Waals surface area contributed by atoms with E-state index in [1.54, 1.807) is 18.2 Å². The second kappa shape index (κ2) is 7.42. The molecule has 0 radical (unpaired) electrons. The van der Waals surface area contributed by atoms with Crippen molar-refractivity contribution in [1.29, 1.82) is 0 Å². The number of imide groups is 1. The molecule has 0 bridgehead atoms. The lowest BCUT2D eigenvalue weighted by Crippen LogP contribution is -2.33. The molecule has 1 saturated heterocycles. The van der Waals surface area contributed by atoms with Gasteiger partial charge in [0, 0.05) is 15.2 Å². The Balaban J connectivity index is 1.73. The van der Waals surface area contributed by atoms with Gasteiger partial charge in [-0.2, -0.15) is 0 Å². The minimum atomic E-state index is -0.326. The van der Waals surface area contributed by atoms with E-state index in [0.717, 1.165) is 21.9 Å². The monoisotopic (exact) mass is 422 g/mol. The third kappa shape index (κ3) is 3.83. The molecule has 3 rings (SSSR count). The van der Waals surface area contributed by atoms with Crippen LogP contribution >= 0.6 is 39.3 Å². The lowest BCUT2D eigenvalue weighted by Gasteiger charge is -2.14. The number of halogens is 2. The second-order valence-electron chi connectivity index (χ2n) is 4.98. The standard InChI is InChI=1S/C17H12BrClN2O2S/c18-12-5-3-6-13(9-12)20-10-21-16(22)15(24-17(21)23)8-11-4-1-2-7-14(11)19/h1-9,20H,10H2. The molecule has 24 heavy (non-hydrogen) atoms. The minimum absolute atomic E-state index is 0.112. The molecule has 0 saturated carbocycles. The van der Waals surface area contributed by atoms with Crippen LogP contribution in [-0.2, 0) is 4.79 Å². The predicted molar refractivity (Wildman–Crippen MR) is 102 cm³/mol. The fourth-order valence-electron chi connectivity index (χ4n) is 2.14. The van der Waals surface area contributed by atoms with Gasteiger partial charge in [0.1, 0.15) is 0 Å². The van der Waals surface area contributed by atoms with Gasteiger partial charge in [-0.15, -0.1) is 0 Å². The van der Waals surface area contributed by atoms with Crippen LogP contribution in [0.4, 0.5) is 10.5 Å². The zero-order valence-electron chi connectivity index (χ0n) is 12.3. The Morgan fingerprint density at radius 3 is 2.71 bits per heavy atom. The molecule has 0 atom stereocenters. The zero-order chi connectivity index (χ0) is 17.1. The maximum Gasteiger partial charge on any atom is 0.295 e. The van der Waals surface area contributed by atoms with Crippen LogP contribution in [0, 0.1) is 0 Å². The normalized spacial score (nSPS) is 16.1. The fraction of sp³-hybridized carbons (Fsp3) is 0.0588. The molecule has 2 aromatic rings. The van der Waals surface area contributed by atoms with E-state index in [2.05, 4.69) is 21.2 Å². The number of rotatable bonds is 4. The van der Waals surface area contributed by atoms with E-state index >= 15 is 0 Å². The first-order valence-electron chi connectivity index (χ1n) is 7.04. The first-order valence-corrected chi connectivity index (χ1v) is 9.02. The lowest BCUT2D eigenvalue weighted by molar-refractivity contribution is -0.122. The highest BCUT2D eigenvalue weighted by molar-refractivity contribution is 9.10. The number of benzene rings is 2. The SMILES string of the molecule is O=C1SC(=Cc2ccccc2Cl)C(=O)N1CNc1cccc(Br)c1. The summed E-state index contributed by atoms with van der Waals surface area (Å²) in [5.41, 5.74) is 1.53. The van der Waals surface area contributed by atoms with Gasteiger partial charge in [0.15, 0.2) is 0 Å². The molecule has 4 nitrogen and oxygen atoms in total. The van der Waals surface area contributed by atoms with Gasteiger partial charge in [-0.1, -0.05) is 51.8 Å². The van der Waals surface area contributed by atoms with E-state index in [-0.39, 0.29) is 17.8 Å². The van der Waals surface area contributed by atoms with Crippen LogP contribution in [0.5, 0.6) is 0 Å². The zero-order valence-corrected chi connectivity index (χ0v) is 15.5. The predicted octanol–water partition coefficient (Wildman–Crippen LogP) is 5.21. The minimum Gasteiger partial charge on any atom is -0.367 e. The molecule has 1 fully saturated rings. The number of carbonyl (C=O) groups excluding carboxylic acids is 2. The Labute approximate surface area is 157 Å². The molecule has 0 spiro atoms. The van der Waals surface area contributed by atoms with Crippen molar-refractivity contribution in [2.24, 2.45) is 0 Å². The van der Waals surface area contributed by atoms with Gasteiger partial charge in [0.2, 0.25) is 0 Å². The van der Waals surface area contributed by atoms with E-state index in [1.165, 1.54) is 4.90 Å². The van der Waals surface area contributed by atoms with Crippen molar-refractivity contribution < 1.29 is 9.59 Å². The van der Waals surface area contributed by atoms with Crippen LogP contribution in [0.15, 0.2) is 57.9 Å². The second-order valence-corrected chi connectivity index (χ2v) is 7.29. The average molecular weight is 424 g/mol. The van der Waals surface area contributed by atoms with Crippen molar-refractivity contribution in [3.05, 3.63) is 68.5 Å². The van der Waals surface area contributed by atoms with Crippen molar-refractivity contribution in [1.82, 2.24) is 4.90 Å². The summed E-state index contributed by atoms with van der Waals surface area (Å²) in [4.78, 5) is 26.1. The summed E-state index contributed by atoms with van der Waals surface area (Å²) in [5.74, 6) is -0.326. The highest BCUT2D eigenvalue weighted by atomic mass is 79.9. The Morgan fingerprint density at radius 1 is 1.17 bits per heavy atom. The Kier molecular flexibility index (Phi) is 5.28. The van der Waals surface area contributed by atoms with E-state index in [0.29, 0.717) is 15.5 Å². The molecule has 1 aliphatic heterocycles. The number of anilines is 1. The molecule has 1 heterocycles. The lowest BCUT2D eigenvalue weighted by atomic mass is 10.2. The van der Waals surface area contributed by atoms with Crippen molar-refractivity contribution in [2.45, 2.75) is 0 Å². The van der Waals surface area contributed by atoms with Crippen LogP contribution in [0.1, 0.15) is 5.56 Å². The Bertz CT molecular complexity index is 841. The first kappa shape index (κ1) is 17.1. The van der Waals surface area contributed by atoms with Gasteiger partial charge in [-0.3, -0.25) is 14.5 Å². The number of hydrogen-bond donors (Lipinski definition) is 1. The summed E-state index contributed by atoms with van der Waals surface area (Å²) in [6.07, 6.45) is 1.65. The Hall–Kier alpha value is -1.76. The molecule has 2 aromatic carbocycles. The van der Waals surface area contributed by atoms with E-state index in [1.807, 2.05) is 36.4 Å². The molecular weight excluding hydrogens is 412 g/mol. The molecule has 1 aliphatic rings. The number of nitrogens with one attached hydrogen (secondary N) is 1. The number of amides is 2. The molecule has 122 valence electrons. The highest BCUT2D eigenvalue weighted by Crippen LogP contribution is 2.33. The van der Waals surface area contributed by atoms with Crippen LogP contribution < -0.4 is 5.32 Å². The van der Waals surface area contributed by atoms with Crippen LogP contribution in [0.3, 0.4) is 0 Å². The summed E-state index contributed by atoms with van der Waals surface area (Å²) in [6, 6.07) is 14.7. The summed E-state index contributed by atoms with van der Waals surface area (Å²) in [5, 5.41) is 3.31. The molecule has 0 unspecified atom stereocenters. The van der Waals surface area contributed by atoms with Gasteiger partial charge in [0.25, 0.3) is 11.1 Å². The maximum atomic E-state index is 12.4. The van der Waals surface area contributed by atoms with Crippen molar-refractivity contribution in [3.63, 3.8) is 0 Å². The van der Waals surface area contributed by atoms with Gasteiger partial charge in [-0.05, 0) is 47.7 Å². The molecule has 2 amide bonds. The Morgan fingerprint density at radius 2 is 1.96 bits per heavy atom. The quantitative estimate of drug-likeness (QED) is 0.686. The van der Waals surface area contributed by atoms with E-state index in [4.69, 9.17) is 11.6 Å². The largest absolute Gasteiger partial charge is 0.367 e. The number of thioether (sulfide) groups is 1. The van der Waals surface area contributed by atoms with Gasteiger partial charge >= 0.3 is 0 Å². The summed E-state index contributed by atoms with van der Waals surface area (Å²) in [7, 11) is 0. The third-order valence-electron chi connectivity index (χ3n) is 3.33.